The number of ether oxygens (including phenoxy) is 1. The Balaban J connectivity index is 1.61. The molecule has 2 saturated heterocycles. The number of halogens is 3. The summed E-state index contributed by atoms with van der Waals surface area (Å²) in [4.78, 5) is 16.4. The summed E-state index contributed by atoms with van der Waals surface area (Å²) in [6, 6.07) is 5.35. The number of nitrogens with zero attached hydrogens (tertiary/aromatic N) is 2. The monoisotopic (exact) mass is 374 g/mol. The Morgan fingerprint density at radius 2 is 2.00 bits per heavy atom. The number of rotatable bonds is 3. The van der Waals surface area contributed by atoms with Crippen LogP contribution in [0, 0.1) is 0 Å². The van der Waals surface area contributed by atoms with E-state index >= 15 is 0 Å². The third-order valence-electron chi connectivity index (χ3n) is 4.41. The Hall–Kier alpha value is -1.25. The van der Waals surface area contributed by atoms with Crippen molar-refractivity contribution >= 4 is 17.7 Å². The van der Waals surface area contributed by atoms with Gasteiger partial charge in [-0.25, -0.2) is 0 Å². The first-order chi connectivity index (χ1) is 11.9. The van der Waals surface area contributed by atoms with Crippen LogP contribution in [0.4, 0.5) is 13.2 Å². The van der Waals surface area contributed by atoms with Gasteiger partial charge < -0.3 is 9.64 Å². The maximum Gasteiger partial charge on any atom is 0.416 e. The van der Waals surface area contributed by atoms with Crippen molar-refractivity contribution in [2.75, 3.05) is 44.3 Å². The van der Waals surface area contributed by atoms with E-state index in [1.165, 1.54) is 12.1 Å². The van der Waals surface area contributed by atoms with E-state index < -0.39 is 17.8 Å². The number of carbonyl (C=O) groups is 1. The van der Waals surface area contributed by atoms with Crippen molar-refractivity contribution in [2.45, 2.75) is 18.8 Å². The molecule has 1 amide bonds. The molecule has 1 aromatic carbocycles. The lowest BCUT2D eigenvalue weighted by Gasteiger charge is -2.36. The van der Waals surface area contributed by atoms with Crippen LogP contribution < -0.4 is 0 Å². The zero-order valence-electron chi connectivity index (χ0n) is 13.8. The van der Waals surface area contributed by atoms with Crippen LogP contribution in [0.1, 0.15) is 11.1 Å². The average molecular weight is 374 g/mol. The Bertz CT molecular complexity index is 606. The first-order valence-electron chi connectivity index (χ1n) is 8.30. The second-order valence-corrected chi connectivity index (χ2v) is 7.46. The van der Waals surface area contributed by atoms with Crippen LogP contribution in [-0.2, 0) is 22.3 Å². The Morgan fingerprint density at radius 3 is 2.72 bits per heavy atom. The highest BCUT2D eigenvalue weighted by Crippen LogP contribution is 2.30. The molecule has 1 atom stereocenters. The van der Waals surface area contributed by atoms with Crippen LogP contribution >= 0.6 is 11.8 Å². The van der Waals surface area contributed by atoms with Crippen molar-refractivity contribution < 1.29 is 22.7 Å². The van der Waals surface area contributed by atoms with Crippen molar-refractivity contribution in [3.05, 3.63) is 35.4 Å². The zero-order chi connectivity index (χ0) is 17.9. The maximum absolute atomic E-state index is 12.8. The molecule has 2 aliphatic rings. The SMILES string of the molecule is O=C(C1CN(Cc2cccc(C(F)(F)F)c2)CCO1)N1CCSCC1. The van der Waals surface area contributed by atoms with Gasteiger partial charge in [0, 0.05) is 44.2 Å². The number of thioether (sulfide) groups is 1. The summed E-state index contributed by atoms with van der Waals surface area (Å²) < 4.78 is 44.1. The normalized spacial score (nSPS) is 22.8. The van der Waals surface area contributed by atoms with Gasteiger partial charge in [-0.05, 0) is 11.6 Å². The maximum atomic E-state index is 12.8. The van der Waals surface area contributed by atoms with Crippen molar-refractivity contribution in [1.29, 1.82) is 0 Å². The van der Waals surface area contributed by atoms with E-state index in [-0.39, 0.29) is 5.91 Å². The fourth-order valence-electron chi connectivity index (χ4n) is 3.09. The molecule has 0 N–H and O–H groups in total. The lowest BCUT2D eigenvalue weighted by atomic mass is 10.1. The fourth-order valence-corrected chi connectivity index (χ4v) is 3.99. The lowest BCUT2D eigenvalue weighted by Crippen LogP contribution is -2.52. The molecular weight excluding hydrogens is 353 g/mol. The van der Waals surface area contributed by atoms with Crippen LogP contribution in [0.15, 0.2) is 24.3 Å². The molecule has 2 aliphatic heterocycles. The molecule has 4 nitrogen and oxygen atoms in total. The Morgan fingerprint density at radius 1 is 1.24 bits per heavy atom. The lowest BCUT2D eigenvalue weighted by molar-refractivity contribution is -0.149. The minimum atomic E-state index is -4.34. The molecule has 0 radical (unpaired) electrons. The van der Waals surface area contributed by atoms with Crippen LogP contribution in [0.2, 0.25) is 0 Å². The number of hydrogen-bond acceptors (Lipinski definition) is 4. The first-order valence-corrected chi connectivity index (χ1v) is 9.45. The number of alkyl halides is 3. The van der Waals surface area contributed by atoms with Crippen molar-refractivity contribution in [3.63, 3.8) is 0 Å². The van der Waals surface area contributed by atoms with E-state index in [1.54, 1.807) is 6.07 Å². The molecule has 0 aromatic heterocycles. The van der Waals surface area contributed by atoms with E-state index in [9.17, 15) is 18.0 Å². The third-order valence-corrected chi connectivity index (χ3v) is 5.35. The number of amides is 1. The van der Waals surface area contributed by atoms with Crippen LogP contribution in [-0.4, -0.2) is 66.1 Å². The van der Waals surface area contributed by atoms with Crippen LogP contribution in [0.25, 0.3) is 0 Å². The summed E-state index contributed by atoms with van der Waals surface area (Å²) in [7, 11) is 0. The summed E-state index contributed by atoms with van der Waals surface area (Å²) >= 11 is 1.83. The third kappa shape index (κ3) is 4.89. The summed E-state index contributed by atoms with van der Waals surface area (Å²) in [5.41, 5.74) is -0.0472. The molecule has 0 aliphatic carbocycles. The standard InChI is InChI=1S/C17H21F3N2O2S/c18-17(19,20)14-3-1-2-13(10-14)11-21-4-7-24-15(12-21)16(23)22-5-8-25-9-6-22/h1-3,10,15H,4-9,11-12H2. The van der Waals surface area contributed by atoms with Gasteiger partial charge in [0.15, 0.2) is 0 Å². The topological polar surface area (TPSA) is 32.8 Å². The summed E-state index contributed by atoms with van der Waals surface area (Å²) in [5, 5.41) is 0. The van der Waals surface area contributed by atoms with Crippen molar-refractivity contribution in [2.24, 2.45) is 0 Å². The van der Waals surface area contributed by atoms with Crippen LogP contribution in [0.5, 0.6) is 0 Å². The number of morpholine rings is 1. The Kier molecular flexibility index (Phi) is 5.91. The van der Waals surface area contributed by atoms with E-state index in [2.05, 4.69) is 0 Å². The molecule has 0 bridgehead atoms. The van der Waals surface area contributed by atoms with Crippen molar-refractivity contribution in [3.8, 4) is 0 Å². The highest BCUT2D eigenvalue weighted by Gasteiger charge is 2.32. The average Bonchev–Trinajstić information content (AvgIpc) is 2.61. The molecule has 1 aromatic rings. The van der Waals surface area contributed by atoms with E-state index in [1.807, 2.05) is 21.6 Å². The highest BCUT2D eigenvalue weighted by molar-refractivity contribution is 7.99. The fraction of sp³-hybridized carbons (Fsp3) is 0.588. The van der Waals surface area contributed by atoms with Gasteiger partial charge in [0.2, 0.25) is 0 Å². The molecular formula is C17H21F3N2O2S. The minimum absolute atomic E-state index is 0.00552. The number of carbonyl (C=O) groups excluding carboxylic acids is 1. The smallest absolute Gasteiger partial charge is 0.366 e. The first kappa shape index (κ1) is 18.5. The zero-order valence-corrected chi connectivity index (χ0v) is 14.6. The van der Waals surface area contributed by atoms with Gasteiger partial charge in [0.1, 0.15) is 6.10 Å². The van der Waals surface area contributed by atoms with E-state index in [0.29, 0.717) is 31.8 Å². The molecule has 1 unspecified atom stereocenters. The number of hydrogen-bond donors (Lipinski definition) is 0. The molecule has 138 valence electrons. The highest BCUT2D eigenvalue weighted by atomic mass is 32.2. The molecule has 8 heteroatoms. The molecule has 25 heavy (non-hydrogen) atoms. The quantitative estimate of drug-likeness (QED) is 0.814. The molecule has 0 saturated carbocycles. The molecule has 0 spiro atoms. The number of benzene rings is 1. The van der Waals surface area contributed by atoms with Gasteiger partial charge in [0.25, 0.3) is 5.91 Å². The predicted molar refractivity (Wildman–Crippen MR) is 90.4 cm³/mol. The van der Waals surface area contributed by atoms with E-state index in [4.69, 9.17) is 4.74 Å². The summed E-state index contributed by atoms with van der Waals surface area (Å²) in [6.45, 7) is 3.29. The second kappa shape index (κ2) is 7.97. The molecule has 2 fully saturated rings. The largest absolute Gasteiger partial charge is 0.416 e. The van der Waals surface area contributed by atoms with Gasteiger partial charge in [0.05, 0.1) is 12.2 Å². The summed E-state index contributed by atoms with van der Waals surface area (Å²) in [6.07, 6.45) is -4.87. The summed E-state index contributed by atoms with van der Waals surface area (Å²) in [5.74, 6) is 1.87. The Labute approximate surface area is 149 Å². The second-order valence-electron chi connectivity index (χ2n) is 6.23. The van der Waals surface area contributed by atoms with Gasteiger partial charge in [-0.1, -0.05) is 18.2 Å². The van der Waals surface area contributed by atoms with Crippen molar-refractivity contribution in [1.82, 2.24) is 9.80 Å². The van der Waals surface area contributed by atoms with Gasteiger partial charge in [-0.3, -0.25) is 9.69 Å². The minimum Gasteiger partial charge on any atom is -0.366 e. The molecule has 2 heterocycles. The van der Waals surface area contributed by atoms with Crippen LogP contribution in [0.3, 0.4) is 0 Å². The van der Waals surface area contributed by atoms with Gasteiger partial charge in [-0.2, -0.15) is 24.9 Å². The van der Waals surface area contributed by atoms with Gasteiger partial charge >= 0.3 is 6.18 Å². The van der Waals surface area contributed by atoms with Gasteiger partial charge in [-0.15, -0.1) is 0 Å². The molecule has 3 rings (SSSR count). The van der Waals surface area contributed by atoms with E-state index in [0.717, 1.165) is 30.7 Å². The predicted octanol–water partition coefficient (Wildman–Crippen LogP) is 2.48.